The molecule has 27 heavy (non-hydrogen) atoms. The first-order valence-electron chi connectivity index (χ1n) is 8.13. The largest absolute Gasteiger partial charge is 0.325 e. The number of anilines is 1. The summed E-state index contributed by atoms with van der Waals surface area (Å²) in [5, 5.41) is 14.6. The van der Waals surface area contributed by atoms with E-state index < -0.39 is 5.25 Å². The van der Waals surface area contributed by atoms with Crippen LogP contribution < -0.4 is 11.0 Å². The van der Waals surface area contributed by atoms with Crippen molar-refractivity contribution in [1.82, 2.24) is 30.2 Å². The number of hydrogen-bond acceptors (Lipinski definition) is 6. The van der Waals surface area contributed by atoms with Gasteiger partial charge in [0.1, 0.15) is 0 Å². The van der Waals surface area contributed by atoms with Crippen molar-refractivity contribution in [1.29, 1.82) is 0 Å². The molecule has 0 radical (unpaired) electrons. The van der Waals surface area contributed by atoms with Gasteiger partial charge in [-0.2, -0.15) is 4.68 Å². The minimum absolute atomic E-state index is 0.195. The Morgan fingerprint density at radius 1 is 1.15 bits per heavy atom. The number of thioether (sulfide) groups is 1. The molecule has 4 rings (SSSR count). The molecule has 0 saturated carbocycles. The number of rotatable bonds is 5. The maximum Gasteiger partial charge on any atom is 0.323 e. The average Bonchev–Trinajstić information content (AvgIpc) is 3.27. The van der Waals surface area contributed by atoms with Crippen LogP contribution in [0.1, 0.15) is 6.92 Å². The van der Waals surface area contributed by atoms with Crippen LogP contribution in [0.3, 0.4) is 0 Å². The third-order valence-electron chi connectivity index (χ3n) is 3.88. The van der Waals surface area contributed by atoms with Crippen LogP contribution in [0.25, 0.3) is 16.7 Å². The van der Waals surface area contributed by atoms with Gasteiger partial charge >= 0.3 is 5.69 Å². The Labute approximate surface area is 157 Å². The maximum absolute atomic E-state index is 12.5. The summed E-state index contributed by atoms with van der Waals surface area (Å²) in [6, 6.07) is 14.6. The Morgan fingerprint density at radius 3 is 2.74 bits per heavy atom. The molecule has 2 aromatic heterocycles. The molecule has 10 heteroatoms. The summed E-state index contributed by atoms with van der Waals surface area (Å²) in [6.45, 7) is 1.78. The number of carbonyl (C=O) groups is 1. The van der Waals surface area contributed by atoms with Crippen LogP contribution in [0.2, 0.25) is 0 Å². The van der Waals surface area contributed by atoms with E-state index in [9.17, 15) is 9.59 Å². The van der Waals surface area contributed by atoms with Crippen LogP contribution in [0, 0.1) is 0 Å². The highest BCUT2D eigenvalue weighted by Gasteiger charge is 2.19. The van der Waals surface area contributed by atoms with Gasteiger partial charge in [0.2, 0.25) is 11.1 Å². The van der Waals surface area contributed by atoms with Crippen molar-refractivity contribution in [2.24, 2.45) is 0 Å². The number of para-hydroxylation sites is 1. The number of imidazole rings is 1. The van der Waals surface area contributed by atoms with Gasteiger partial charge in [0.25, 0.3) is 0 Å². The third-order valence-corrected chi connectivity index (χ3v) is 4.91. The summed E-state index contributed by atoms with van der Waals surface area (Å²) in [5.41, 5.74) is 2.44. The fourth-order valence-corrected chi connectivity index (χ4v) is 3.36. The molecule has 0 aliphatic rings. The van der Waals surface area contributed by atoms with Crippen molar-refractivity contribution in [2.75, 3.05) is 5.32 Å². The van der Waals surface area contributed by atoms with E-state index in [2.05, 4.69) is 30.8 Å². The Morgan fingerprint density at radius 2 is 1.93 bits per heavy atom. The van der Waals surface area contributed by atoms with E-state index in [4.69, 9.17) is 0 Å². The van der Waals surface area contributed by atoms with Gasteiger partial charge in [-0.05, 0) is 47.7 Å². The molecule has 1 atom stereocenters. The predicted molar refractivity (Wildman–Crippen MR) is 102 cm³/mol. The van der Waals surface area contributed by atoms with Crippen molar-refractivity contribution in [3.63, 3.8) is 0 Å². The van der Waals surface area contributed by atoms with Gasteiger partial charge in [0, 0.05) is 5.69 Å². The number of fused-ring (bicyclic) bond motifs is 1. The molecule has 0 saturated heterocycles. The van der Waals surface area contributed by atoms with Crippen molar-refractivity contribution in [3.8, 4) is 5.69 Å². The fraction of sp³-hybridized carbons (Fsp3) is 0.118. The van der Waals surface area contributed by atoms with E-state index in [1.807, 2.05) is 30.3 Å². The Bertz CT molecular complexity index is 1150. The first-order chi connectivity index (χ1) is 13.1. The van der Waals surface area contributed by atoms with Crippen molar-refractivity contribution >= 4 is 34.4 Å². The van der Waals surface area contributed by atoms with Gasteiger partial charge < -0.3 is 15.3 Å². The Kier molecular flexibility index (Phi) is 4.47. The van der Waals surface area contributed by atoms with Gasteiger partial charge in [-0.1, -0.05) is 30.0 Å². The monoisotopic (exact) mass is 381 g/mol. The fourth-order valence-electron chi connectivity index (χ4n) is 2.55. The Hall–Kier alpha value is -3.40. The first kappa shape index (κ1) is 17.0. The Balaban J connectivity index is 1.48. The zero-order valence-electron chi connectivity index (χ0n) is 14.2. The van der Waals surface area contributed by atoms with E-state index in [-0.39, 0.29) is 11.6 Å². The number of hydrogen-bond donors (Lipinski definition) is 3. The van der Waals surface area contributed by atoms with Crippen LogP contribution in [0.15, 0.2) is 58.5 Å². The highest BCUT2D eigenvalue weighted by Crippen LogP contribution is 2.24. The van der Waals surface area contributed by atoms with Crippen LogP contribution in [-0.4, -0.2) is 41.3 Å². The number of tetrazole rings is 1. The summed E-state index contributed by atoms with van der Waals surface area (Å²) in [7, 11) is 0. The van der Waals surface area contributed by atoms with Crippen LogP contribution in [0.4, 0.5) is 5.69 Å². The predicted octanol–water partition coefficient (Wildman–Crippen LogP) is 1.95. The third kappa shape index (κ3) is 3.60. The standard InChI is InChI=1S/C17H15N7O2S/c1-10(27-17-21-22-23-24(17)12-5-3-2-4-6-12)15(25)18-11-7-8-13-14(9-11)20-16(26)19-13/h2-10H,1H3,(H,18,25)(H2,19,20,26). The van der Waals surface area contributed by atoms with Crippen molar-refractivity contribution < 1.29 is 4.79 Å². The number of amides is 1. The molecular weight excluding hydrogens is 366 g/mol. The van der Waals surface area contributed by atoms with E-state index in [0.717, 1.165) is 5.69 Å². The summed E-state index contributed by atoms with van der Waals surface area (Å²) >= 11 is 1.26. The molecule has 1 amide bonds. The van der Waals surface area contributed by atoms with Crippen molar-refractivity contribution in [3.05, 3.63) is 59.0 Å². The lowest BCUT2D eigenvalue weighted by molar-refractivity contribution is -0.115. The smallest absolute Gasteiger partial charge is 0.323 e. The summed E-state index contributed by atoms with van der Waals surface area (Å²) in [4.78, 5) is 29.2. The highest BCUT2D eigenvalue weighted by atomic mass is 32.2. The summed E-state index contributed by atoms with van der Waals surface area (Å²) < 4.78 is 1.59. The lowest BCUT2D eigenvalue weighted by atomic mass is 10.2. The van der Waals surface area contributed by atoms with Gasteiger partial charge in [-0.15, -0.1) is 5.10 Å². The molecule has 0 aliphatic carbocycles. The topological polar surface area (TPSA) is 121 Å². The van der Waals surface area contributed by atoms with E-state index in [0.29, 0.717) is 21.9 Å². The quantitative estimate of drug-likeness (QED) is 0.454. The number of nitrogens with zero attached hydrogens (tertiary/aromatic N) is 4. The molecule has 0 bridgehead atoms. The molecule has 2 heterocycles. The molecule has 2 aromatic carbocycles. The maximum atomic E-state index is 12.5. The number of carbonyl (C=O) groups excluding carboxylic acids is 1. The molecule has 0 spiro atoms. The normalized spacial score (nSPS) is 12.2. The second-order valence-corrected chi connectivity index (χ2v) is 7.11. The van der Waals surface area contributed by atoms with Crippen molar-refractivity contribution in [2.45, 2.75) is 17.3 Å². The number of benzene rings is 2. The van der Waals surface area contributed by atoms with E-state index >= 15 is 0 Å². The van der Waals surface area contributed by atoms with Gasteiger partial charge in [0.05, 0.1) is 22.0 Å². The zero-order valence-corrected chi connectivity index (χ0v) is 15.0. The SMILES string of the molecule is CC(Sc1nnnn1-c1ccccc1)C(=O)Nc1ccc2[nH]c(=O)[nH]c2c1. The van der Waals surface area contributed by atoms with Gasteiger partial charge in [-0.25, -0.2) is 4.79 Å². The number of nitrogens with one attached hydrogen (secondary N) is 3. The molecule has 136 valence electrons. The second-order valence-electron chi connectivity index (χ2n) is 5.80. The van der Waals surface area contributed by atoms with Crippen LogP contribution in [0.5, 0.6) is 0 Å². The number of H-pyrrole nitrogens is 2. The van der Waals surface area contributed by atoms with Gasteiger partial charge in [-0.3, -0.25) is 4.79 Å². The minimum atomic E-state index is -0.431. The summed E-state index contributed by atoms with van der Waals surface area (Å²) in [6.07, 6.45) is 0. The lowest BCUT2D eigenvalue weighted by Gasteiger charge is -2.11. The number of aromatic nitrogens is 6. The highest BCUT2D eigenvalue weighted by molar-refractivity contribution is 8.00. The lowest BCUT2D eigenvalue weighted by Crippen LogP contribution is -2.22. The molecule has 0 aliphatic heterocycles. The second kappa shape index (κ2) is 7.08. The molecule has 9 nitrogen and oxygen atoms in total. The first-order valence-corrected chi connectivity index (χ1v) is 9.01. The van der Waals surface area contributed by atoms with Gasteiger partial charge in [0.15, 0.2) is 0 Å². The molecule has 4 aromatic rings. The summed E-state index contributed by atoms with van der Waals surface area (Å²) in [5.74, 6) is -0.195. The zero-order chi connectivity index (χ0) is 18.8. The van der Waals surface area contributed by atoms with E-state index in [1.54, 1.807) is 29.8 Å². The van der Waals surface area contributed by atoms with Crippen LogP contribution in [-0.2, 0) is 4.79 Å². The molecule has 1 unspecified atom stereocenters. The van der Waals surface area contributed by atoms with Crippen LogP contribution >= 0.6 is 11.8 Å². The molecule has 0 fully saturated rings. The molecular formula is C17H15N7O2S. The minimum Gasteiger partial charge on any atom is -0.325 e. The molecule has 3 N–H and O–H groups in total. The number of aromatic amines is 2. The average molecular weight is 381 g/mol. The van der Waals surface area contributed by atoms with E-state index in [1.165, 1.54) is 11.8 Å².